The van der Waals surface area contributed by atoms with E-state index in [0.717, 1.165) is 11.3 Å². The molecule has 0 fully saturated rings. The van der Waals surface area contributed by atoms with Gasteiger partial charge in [-0.25, -0.2) is 8.42 Å². The monoisotopic (exact) mass is 315 g/mol. The number of anilines is 1. The molecule has 0 amide bonds. The second kappa shape index (κ2) is 9.02. The van der Waals surface area contributed by atoms with Crippen LogP contribution in [-0.4, -0.2) is 46.3 Å². The lowest BCUT2D eigenvalue weighted by Crippen LogP contribution is -2.26. The third-order valence-electron chi connectivity index (χ3n) is 2.98. The van der Waals surface area contributed by atoms with Crippen molar-refractivity contribution in [1.29, 1.82) is 0 Å². The fourth-order valence-corrected chi connectivity index (χ4v) is 2.99. The molecule has 0 heterocycles. The summed E-state index contributed by atoms with van der Waals surface area (Å²) in [4.78, 5) is 0. The molecular weight excluding hydrogens is 290 g/mol. The van der Waals surface area contributed by atoms with Gasteiger partial charge in [0.1, 0.15) is 0 Å². The minimum absolute atomic E-state index is 0.125. The molecule has 21 heavy (non-hydrogen) atoms. The van der Waals surface area contributed by atoms with Crippen molar-refractivity contribution in [2.45, 2.75) is 26.5 Å². The van der Waals surface area contributed by atoms with E-state index in [2.05, 4.69) is 5.32 Å². The minimum Gasteiger partial charge on any atom is -0.382 e. The predicted octanol–water partition coefficient (Wildman–Crippen LogP) is 2.08. The molecule has 1 aromatic carbocycles. The van der Waals surface area contributed by atoms with Gasteiger partial charge < -0.3 is 14.8 Å². The molecule has 5 nitrogen and oxygen atoms in total. The molecular formula is C15H25NO4S. The van der Waals surface area contributed by atoms with Gasteiger partial charge in [0, 0.05) is 24.6 Å². The molecule has 0 radical (unpaired) electrons. The molecule has 0 aliphatic rings. The number of nitrogens with one attached hydrogen (secondary N) is 1. The smallest absolute Gasteiger partial charge is 0.152 e. The Labute approximate surface area is 127 Å². The van der Waals surface area contributed by atoms with Crippen molar-refractivity contribution in [2.24, 2.45) is 0 Å². The fraction of sp³-hybridized carbons (Fsp3) is 0.600. The Morgan fingerprint density at radius 3 is 2.71 bits per heavy atom. The first-order chi connectivity index (χ1) is 9.96. The molecule has 0 spiro atoms. The highest BCUT2D eigenvalue weighted by Gasteiger charge is 2.13. The Hall–Kier alpha value is -1.11. The van der Waals surface area contributed by atoms with Crippen LogP contribution in [0.2, 0.25) is 0 Å². The van der Waals surface area contributed by atoms with Crippen LogP contribution < -0.4 is 5.32 Å². The average Bonchev–Trinajstić information content (AvgIpc) is 2.43. The van der Waals surface area contributed by atoms with Gasteiger partial charge >= 0.3 is 0 Å². The average molecular weight is 315 g/mol. The Kier molecular flexibility index (Phi) is 7.71. The molecule has 0 aromatic heterocycles. The van der Waals surface area contributed by atoms with E-state index in [1.165, 1.54) is 0 Å². The number of rotatable bonds is 10. The quantitative estimate of drug-likeness (QED) is 0.670. The lowest BCUT2D eigenvalue weighted by atomic mass is 10.2. The number of hydrogen-bond acceptors (Lipinski definition) is 5. The lowest BCUT2D eigenvalue weighted by Gasteiger charge is -2.15. The Morgan fingerprint density at radius 1 is 1.29 bits per heavy atom. The van der Waals surface area contributed by atoms with Gasteiger partial charge in [0.2, 0.25) is 0 Å². The van der Waals surface area contributed by atoms with Crippen molar-refractivity contribution in [2.75, 3.05) is 37.1 Å². The number of hydrogen-bond donors (Lipinski definition) is 1. The van der Waals surface area contributed by atoms with Gasteiger partial charge in [-0.2, -0.15) is 0 Å². The summed E-state index contributed by atoms with van der Waals surface area (Å²) < 4.78 is 33.6. The van der Waals surface area contributed by atoms with Crippen molar-refractivity contribution >= 4 is 15.5 Å². The Bertz CT molecular complexity index is 516. The van der Waals surface area contributed by atoms with Crippen LogP contribution in [0.4, 0.5) is 5.69 Å². The van der Waals surface area contributed by atoms with Crippen molar-refractivity contribution < 1.29 is 17.9 Å². The number of sulfone groups is 1. The minimum atomic E-state index is -2.97. The fourth-order valence-electron chi connectivity index (χ4n) is 1.91. The zero-order chi connectivity index (χ0) is 15.7. The number of ether oxygens (including phenoxy) is 2. The number of methoxy groups -OCH3 is 1. The Morgan fingerprint density at radius 2 is 2.05 bits per heavy atom. The highest BCUT2D eigenvalue weighted by atomic mass is 32.2. The summed E-state index contributed by atoms with van der Waals surface area (Å²) in [6, 6.07) is 7.68. The van der Waals surface area contributed by atoms with Crippen LogP contribution in [0.25, 0.3) is 0 Å². The molecule has 1 unspecified atom stereocenters. The Balaban J connectivity index is 2.52. The predicted molar refractivity (Wildman–Crippen MR) is 85.4 cm³/mol. The van der Waals surface area contributed by atoms with Crippen LogP contribution in [0.1, 0.15) is 19.4 Å². The van der Waals surface area contributed by atoms with Gasteiger partial charge in [-0.1, -0.05) is 19.1 Å². The summed E-state index contributed by atoms with van der Waals surface area (Å²) in [7, 11) is -1.33. The summed E-state index contributed by atoms with van der Waals surface area (Å²) in [5.74, 6) is 0.310. The molecule has 120 valence electrons. The van der Waals surface area contributed by atoms with Crippen LogP contribution in [0, 0.1) is 0 Å². The lowest BCUT2D eigenvalue weighted by molar-refractivity contribution is 0.0617. The number of benzene rings is 1. The van der Waals surface area contributed by atoms with E-state index in [-0.39, 0.29) is 17.5 Å². The van der Waals surface area contributed by atoms with E-state index in [9.17, 15) is 8.42 Å². The van der Waals surface area contributed by atoms with Gasteiger partial charge in [-0.3, -0.25) is 0 Å². The molecule has 0 saturated carbocycles. The molecule has 1 aromatic rings. The second-order valence-corrected chi connectivity index (χ2v) is 7.39. The van der Waals surface area contributed by atoms with Crippen molar-refractivity contribution in [3.05, 3.63) is 29.8 Å². The summed E-state index contributed by atoms with van der Waals surface area (Å²) in [5.41, 5.74) is 1.95. The first-order valence-corrected chi connectivity index (χ1v) is 8.91. The van der Waals surface area contributed by atoms with Crippen molar-refractivity contribution in [3.63, 3.8) is 0 Å². The van der Waals surface area contributed by atoms with Crippen LogP contribution in [0.3, 0.4) is 0 Å². The molecule has 0 aliphatic heterocycles. The van der Waals surface area contributed by atoms with Gasteiger partial charge in [0.05, 0.1) is 25.6 Å². The molecule has 1 atom stereocenters. The summed E-state index contributed by atoms with van der Waals surface area (Å²) in [6.45, 7) is 5.18. The van der Waals surface area contributed by atoms with E-state index >= 15 is 0 Å². The van der Waals surface area contributed by atoms with Crippen molar-refractivity contribution in [1.82, 2.24) is 0 Å². The first-order valence-electron chi connectivity index (χ1n) is 7.09. The largest absolute Gasteiger partial charge is 0.382 e. The summed E-state index contributed by atoms with van der Waals surface area (Å²) in [5, 5.41) is 3.21. The van der Waals surface area contributed by atoms with Crippen LogP contribution >= 0.6 is 0 Å². The zero-order valence-electron chi connectivity index (χ0n) is 13.0. The highest BCUT2D eigenvalue weighted by molar-refractivity contribution is 7.91. The standard InChI is InChI=1S/C15H25NO4S/c1-4-21(17,18)12-13(2)16-15-7-5-6-14(10-15)11-20-9-8-19-3/h5-7,10,13,16H,4,8-9,11-12H2,1-3H3. The summed E-state index contributed by atoms with van der Waals surface area (Å²) in [6.07, 6.45) is 0. The topological polar surface area (TPSA) is 64.6 Å². The summed E-state index contributed by atoms with van der Waals surface area (Å²) >= 11 is 0. The highest BCUT2D eigenvalue weighted by Crippen LogP contribution is 2.13. The molecule has 1 N–H and O–H groups in total. The van der Waals surface area contributed by atoms with Gasteiger partial charge in [-0.15, -0.1) is 0 Å². The van der Waals surface area contributed by atoms with Crippen LogP contribution in [0.5, 0.6) is 0 Å². The maximum atomic E-state index is 11.6. The maximum Gasteiger partial charge on any atom is 0.152 e. The molecule has 0 bridgehead atoms. The second-order valence-electron chi connectivity index (χ2n) is 4.99. The van der Waals surface area contributed by atoms with Crippen LogP contribution in [-0.2, 0) is 25.9 Å². The first kappa shape index (κ1) is 17.9. The van der Waals surface area contributed by atoms with E-state index < -0.39 is 9.84 Å². The molecule has 1 rings (SSSR count). The van der Waals surface area contributed by atoms with Crippen LogP contribution in [0.15, 0.2) is 24.3 Å². The van der Waals surface area contributed by atoms with E-state index in [0.29, 0.717) is 19.8 Å². The van der Waals surface area contributed by atoms with Gasteiger partial charge in [-0.05, 0) is 24.6 Å². The molecule has 0 saturated heterocycles. The van der Waals surface area contributed by atoms with Gasteiger partial charge in [0.15, 0.2) is 9.84 Å². The van der Waals surface area contributed by atoms with E-state index in [4.69, 9.17) is 9.47 Å². The van der Waals surface area contributed by atoms with E-state index in [1.54, 1.807) is 14.0 Å². The van der Waals surface area contributed by atoms with Crippen molar-refractivity contribution in [3.8, 4) is 0 Å². The molecule has 6 heteroatoms. The maximum absolute atomic E-state index is 11.6. The molecule has 0 aliphatic carbocycles. The van der Waals surface area contributed by atoms with E-state index in [1.807, 2.05) is 31.2 Å². The van der Waals surface area contributed by atoms with Gasteiger partial charge in [0.25, 0.3) is 0 Å². The normalized spacial score (nSPS) is 13.1. The third-order valence-corrected chi connectivity index (χ3v) is 4.87. The third kappa shape index (κ3) is 7.45. The zero-order valence-corrected chi connectivity index (χ0v) is 13.8. The SMILES string of the molecule is CCS(=O)(=O)CC(C)Nc1cccc(COCCOC)c1.